The van der Waals surface area contributed by atoms with Gasteiger partial charge in [-0.15, -0.1) is 0 Å². The van der Waals surface area contributed by atoms with Gasteiger partial charge in [-0.3, -0.25) is 0 Å². The lowest BCUT2D eigenvalue weighted by Gasteiger charge is -2.24. The van der Waals surface area contributed by atoms with E-state index in [0.717, 1.165) is 0 Å². The number of ether oxygens (including phenoxy) is 1. The Labute approximate surface area is 103 Å². The minimum atomic E-state index is -1.12. The molecule has 0 unspecified atom stereocenters. The molecule has 0 spiro atoms. The first-order valence-corrected chi connectivity index (χ1v) is 5.36. The predicted octanol–water partition coefficient (Wildman–Crippen LogP) is 1.05. The number of amides is 1. The molecule has 1 aliphatic rings. The maximum Gasteiger partial charge on any atom is 0.410 e. The van der Waals surface area contributed by atoms with Gasteiger partial charge in [0.15, 0.2) is 11.5 Å². The quantitative estimate of drug-likeness (QED) is 0.808. The summed E-state index contributed by atoms with van der Waals surface area (Å²) in [4.78, 5) is 23.9. The predicted molar refractivity (Wildman–Crippen MR) is 59.1 cm³/mol. The molecule has 0 radical (unpaired) electrons. The summed E-state index contributed by atoms with van der Waals surface area (Å²) >= 11 is 0. The van der Waals surface area contributed by atoms with E-state index in [4.69, 9.17) is 14.4 Å². The van der Waals surface area contributed by atoms with E-state index in [0.29, 0.717) is 24.3 Å². The molecule has 1 aromatic heterocycles. The van der Waals surface area contributed by atoms with Crippen molar-refractivity contribution in [3.8, 4) is 0 Å². The van der Waals surface area contributed by atoms with Gasteiger partial charge in [-0.1, -0.05) is 17.8 Å². The maximum absolute atomic E-state index is 11.6. The molecule has 0 bridgehead atoms. The zero-order valence-corrected chi connectivity index (χ0v) is 9.59. The largest absolute Gasteiger partial charge is 0.476 e. The lowest BCUT2D eigenvalue weighted by molar-refractivity contribution is 0.0684. The van der Waals surface area contributed by atoms with Crippen LogP contribution in [0.25, 0.3) is 0 Å². The minimum Gasteiger partial charge on any atom is -0.476 e. The van der Waals surface area contributed by atoms with Crippen molar-refractivity contribution < 1.29 is 24.0 Å². The molecule has 2 rings (SSSR count). The number of carbonyl (C=O) groups is 2. The molecule has 0 aromatic carbocycles. The number of fused-ring (bicyclic) bond motifs is 1. The molecule has 7 nitrogen and oxygen atoms in total. The van der Waals surface area contributed by atoms with Crippen molar-refractivity contribution in [1.29, 1.82) is 0 Å². The summed E-state index contributed by atoms with van der Waals surface area (Å²) in [5, 5.41) is 12.4. The fourth-order valence-corrected chi connectivity index (χ4v) is 1.77. The standard InChI is InChI=1S/C11H12N2O5/c1-2-5-17-11(16)13-4-3-7-8(6-13)18-12-9(7)10(14)15/h2H,1,3-6H2,(H,14,15). The Morgan fingerprint density at radius 3 is 3.06 bits per heavy atom. The van der Waals surface area contributed by atoms with Crippen LogP contribution in [0.2, 0.25) is 0 Å². The van der Waals surface area contributed by atoms with Crippen molar-refractivity contribution in [3.05, 3.63) is 29.7 Å². The Kier molecular flexibility index (Phi) is 3.31. The topological polar surface area (TPSA) is 92.9 Å². The van der Waals surface area contributed by atoms with Crippen LogP contribution in [-0.4, -0.2) is 40.4 Å². The van der Waals surface area contributed by atoms with Gasteiger partial charge in [-0.05, 0) is 6.42 Å². The molecular formula is C11H12N2O5. The molecule has 96 valence electrons. The van der Waals surface area contributed by atoms with E-state index in [9.17, 15) is 9.59 Å². The molecule has 0 saturated heterocycles. The van der Waals surface area contributed by atoms with Gasteiger partial charge < -0.3 is 19.3 Å². The van der Waals surface area contributed by atoms with Crippen molar-refractivity contribution in [2.24, 2.45) is 0 Å². The number of nitrogens with zero attached hydrogens (tertiary/aromatic N) is 2. The average molecular weight is 252 g/mol. The normalized spacial score (nSPS) is 13.9. The van der Waals surface area contributed by atoms with Crippen molar-refractivity contribution in [2.75, 3.05) is 13.2 Å². The lowest BCUT2D eigenvalue weighted by atomic mass is 10.1. The molecule has 18 heavy (non-hydrogen) atoms. The van der Waals surface area contributed by atoms with Gasteiger partial charge in [0, 0.05) is 12.1 Å². The van der Waals surface area contributed by atoms with Crippen molar-refractivity contribution in [2.45, 2.75) is 13.0 Å². The Morgan fingerprint density at radius 2 is 2.39 bits per heavy atom. The Balaban J connectivity index is 2.09. The average Bonchev–Trinajstić information content (AvgIpc) is 2.78. The monoisotopic (exact) mass is 252 g/mol. The summed E-state index contributed by atoms with van der Waals surface area (Å²) in [5.41, 5.74) is 0.472. The van der Waals surface area contributed by atoms with Crippen LogP contribution in [0.15, 0.2) is 17.2 Å². The summed E-state index contributed by atoms with van der Waals surface area (Å²) in [5.74, 6) is -0.725. The highest BCUT2D eigenvalue weighted by Gasteiger charge is 2.29. The van der Waals surface area contributed by atoms with Gasteiger partial charge in [0.1, 0.15) is 6.61 Å². The third-order valence-electron chi connectivity index (χ3n) is 2.62. The number of carbonyl (C=O) groups excluding carboxylic acids is 1. The SMILES string of the molecule is C=CCOC(=O)N1CCc2c(C(=O)O)noc2C1. The molecule has 0 aliphatic carbocycles. The number of carboxylic acids is 1. The van der Waals surface area contributed by atoms with Crippen LogP contribution < -0.4 is 0 Å². The summed E-state index contributed by atoms with van der Waals surface area (Å²) in [7, 11) is 0. The highest BCUT2D eigenvalue weighted by atomic mass is 16.6. The van der Waals surface area contributed by atoms with E-state index in [1.165, 1.54) is 11.0 Å². The third kappa shape index (κ3) is 2.20. The van der Waals surface area contributed by atoms with Crippen LogP contribution in [0.4, 0.5) is 4.79 Å². The molecular weight excluding hydrogens is 240 g/mol. The molecule has 0 atom stereocenters. The second kappa shape index (κ2) is 4.91. The summed E-state index contributed by atoms with van der Waals surface area (Å²) in [6.07, 6.45) is 1.39. The molecule has 1 N–H and O–H groups in total. The fraction of sp³-hybridized carbons (Fsp3) is 0.364. The molecule has 0 fully saturated rings. The van der Waals surface area contributed by atoms with Gasteiger partial charge >= 0.3 is 12.1 Å². The highest BCUT2D eigenvalue weighted by molar-refractivity contribution is 5.87. The van der Waals surface area contributed by atoms with E-state index in [1.54, 1.807) is 0 Å². The number of hydrogen-bond acceptors (Lipinski definition) is 5. The Hall–Kier alpha value is -2.31. The number of hydrogen-bond donors (Lipinski definition) is 1. The number of aromatic nitrogens is 1. The Morgan fingerprint density at radius 1 is 1.61 bits per heavy atom. The van der Waals surface area contributed by atoms with Crippen molar-refractivity contribution in [1.82, 2.24) is 10.1 Å². The zero-order valence-electron chi connectivity index (χ0n) is 9.59. The van der Waals surface area contributed by atoms with Crippen LogP contribution >= 0.6 is 0 Å². The van der Waals surface area contributed by atoms with Gasteiger partial charge in [0.05, 0.1) is 6.54 Å². The molecule has 2 heterocycles. The molecule has 7 heteroatoms. The second-order valence-corrected chi connectivity index (χ2v) is 3.78. The van der Waals surface area contributed by atoms with E-state index < -0.39 is 12.1 Å². The summed E-state index contributed by atoms with van der Waals surface area (Å²) < 4.78 is 9.82. The van der Waals surface area contributed by atoms with Crippen molar-refractivity contribution in [3.63, 3.8) is 0 Å². The fourth-order valence-electron chi connectivity index (χ4n) is 1.77. The van der Waals surface area contributed by atoms with Gasteiger partial charge in [0.2, 0.25) is 0 Å². The van der Waals surface area contributed by atoms with Crippen LogP contribution in [0, 0.1) is 0 Å². The number of aromatic carboxylic acids is 1. The van der Waals surface area contributed by atoms with E-state index in [2.05, 4.69) is 11.7 Å². The maximum atomic E-state index is 11.6. The van der Waals surface area contributed by atoms with Crippen molar-refractivity contribution >= 4 is 12.1 Å². The van der Waals surface area contributed by atoms with E-state index in [-0.39, 0.29) is 18.8 Å². The number of carboxylic acid groups (broad SMARTS) is 1. The van der Waals surface area contributed by atoms with Gasteiger partial charge in [-0.2, -0.15) is 0 Å². The molecule has 0 saturated carbocycles. The van der Waals surface area contributed by atoms with Gasteiger partial charge in [0.25, 0.3) is 0 Å². The molecule has 1 aliphatic heterocycles. The van der Waals surface area contributed by atoms with E-state index in [1.807, 2.05) is 0 Å². The van der Waals surface area contributed by atoms with E-state index >= 15 is 0 Å². The third-order valence-corrected chi connectivity index (χ3v) is 2.62. The van der Waals surface area contributed by atoms with Crippen LogP contribution in [-0.2, 0) is 17.7 Å². The van der Waals surface area contributed by atoms with Gasteiger partial charge in [-0.25, -0.2) is 9.59 Å². The smallest absolute Gasteiger partial charge is 0.410 e. The Bertz CT molecular complexity index is 494. The van der Waals surface area contributed by atoms with Crippen LogP contribution in [0.3, 0.4) is 0 Å². The summed E-state index contributed by atoms with van der Waals surface area (Å²) in [6.45, 7) is 4.14. The second-order valence-electron chi connectivity index (χ2n) is 3.78. The van der Waals surface area contributed by atoms with Crippen LogP contribution in [0.1, 0.15) is 21.8 Å². The first-order chi connectivity index (χ1) is 8.63. The molecule has 1 amide bonds. The highest BCUT2D eigenvalue weighted by Crippen LogP contribution is 2.22. The lowest BCUT2D eigenvalue weighted by Crippen LogP contribution is -2.36. The first-order valence-electron chi connectivity index (χ1n) is 5.36. The number of rotatable bonds is 3. The minimum absolute atomic E-state index is 0.0795. The summed E-state index contributed by atoms with van der Waals surface area (Å²) in [6, 6.07) is 0. The first kappa shape index (κ1) is 12.2. The van der Waals surface area contributed by atoms with Crippen LogP contribution in [0.5, 0.6) is 0 Å². The zero-order chi connectivity index (χ0) is 13.1. The molecule has 1 aromatic rings.